The number of fused-ring (bicyclic) bond motifs is 1. The van der Waals surface area contributed by atoms with Crippen LogP contribution in [0.25, 0.3) is 22.1 Å². The quantitative estimate of drug-likeness (QED) is 0.588. The number of nitrogens with zero attached hydrogens (tertiary/aromatic N) is 1. The van der Waals surface area contributed by atoms with Crippen molar-refractivity contribution in [1.29, 1.82) is 0 Å². The van der Waals surface area contributed by atoms with E-state index in [4.69, 9.17) is 9.15 Å². The predicted octanol–water partition coefficient (Wildman–Crippen LogP) is 3.08. The van der Waals surface area contributed by atoms with Gasteiger partial charge in [-0.05, 0) is 17.7 Å². The fourth-order valence-electron chi connectivity index (χ4n) is 2.29. The monoisotopic (exact) mass is 313 g/mol. The van der Waals surface area contributed by atoms with E-state index in [9.17, 15) is 20.0 Å². The molecule has 0 spiro atoms. The molecular weight excluding hydrogens is 302 g/mol. The zero-order valence-corrected chi connectivity index (χ0v) is 12.0. The molecule has 3 rings (SSSR count). The smallest absolute Gasteiger partial charge is 0.269 e. The first-order valence-electron chi connectivity index (χ1n) is 6.58. The number of non-ortho nitro benzene ring substituents is 1. The molecule has 7 nitrogen and oxygen atoms in total. The summed E-state index contributed by atoms with van der Waals surface area (Å²) in [6.45, 7) is 0. The second kappa shape index (κ2) is 5.45. The van der Waals surface area contributed by atoms with Gasteiger partial charge in [0, 0.05) is 24.3 Å². The minimum atomic E-state index is -0.523. The van der Waals surface area contributed by atoms with Crippen LogP contribution in [0.5, 0.6) is 11.5 Å². The van der Waals surface area contributed by atoms with Crippen LogP contribution in [0.15, 0.2) is 51.9 Å². The van der Waals surface area contributed by atoms with E-state index in [0.29, 0.717) is 11.3 Å². The molecule has 0 amide bonds. The average molecular weight is 313 g/mol. The molecule has 0 aliphatic rings. The SMILES string of the molecule is COc1cc(O)c2c(=O)c(-c3ccc([N+](=O)[O-])cc3)coc2c1. The number of hydrogen-bond donors (Lipinski definition) is 1. The van der Waals surface area contributed by atoms with Gasteiger partial charge >= 0.3 is 0 Å². The fraction of sp³-hybridized carbons (Fsp3) is 0.0625. The number of rotatable bonds is 3. The summed E-state index contributed by atoms with van der Waals surface area (Å²) in [5.41, 5.74) is 0.346. The standard InChI is InChI=1S/C16H11NO6/c1-22-11-6-13(18)15-14(7-11)23-8-12(16(15)19)9-2-4-10(5-3-9)17(20)21/h2-8,18H,1H3. The molecule has 3 aromatic rings. The van der Waals surface area contributed by atoms with Crippen molar-refractivity contribution in [3.63, 3.8) is 0 Å². The molecule has 0 radical (unpaired) electrons. The van der Waals surface area contributed by atoms with Gasteiger partial charge in [-0.3, -0.25) is 14.9 Å². The zero-order valence-electron chi connectivity index (χ0n) is 12.0. The van der Waals surface area contributed by atoms with Crippen molar-refractivity contribution in [2.45, 2.75) is 0 Å². The average Bonchev–Trinajstić information content (AvgIpc) is 2.54. The Labute approximate surface area is 129 Å². The molecule has 7 heteroatoms. The van der Waals surface area contributed by atoms with Gasteiger partial charge in [-0.2, -0.15) is 0 Å². The summed E-state index contributed by atoms with van der Waals surface area (Å²) in [5, 5.41) is 20.7. The lowest BCUT2D eigenvalue weighted by Crippen LogP contribution is -2.05. The van der Waals surface area contributed by atoms with E-state index in [0.717, 1.165) is 0 Å². The Morgan fingerprint density at radius 2 is 1.91 bits per heavy atom. The maximum atomic E-state index is 12.6. The summed E-state index contributed by atoms with van der Waals surface area (Å²) in [5.74, 6) is 0.109. The molecule has 116 valence electrons. The fourth-order valence-corrected chi connectivity index (χ4v) is 2.29. The first-order valence-corrected chi connectivity index (χ1v) is 6.58. The van der Waals surface area contributed by atoms with E-state index in [1.165, 1.54) is 49.8 Å². The minimum absolute atomic E-state index is 0.0293. The number of benzene rings is 2. The van der Waals surface area contributed by atoms with Gasteiger partial charge in [0.25, 0.3) is 5.69 Å². The Morgan fingerprint density at radius 3 is 2.52 bits per heavy atom. The maximum absolute atomic E-state index is 12.6. The van der Waals surface area contributed by atoms with E-state index in [1.807, 2.05) is 0 Å². The van der Waals surface area contributed by atoms with Crippen molar-refractivity contribution in [3.8, 4) is 22.6 Å². The van der Waals surface area contributed by atoms with Gasteiger partial charge in [-0.15, -0.1) is 0 Å². The summed E-state index contributed by atoms with van der Waals surface area (Å²) in [4.78, 5) is 22.7. The molecule has 1 N–H and O–H groups in total. The van der Waals surface area contributed by atoms with Gasteiger partial charge in [0.05, 0.1) is 17.6 Å². The molecule has 0 atom stereocenters. The van der Waals surface area contributed by atoms with Crippen molar-refractivity contribution in [2.24, 2.45) is 0 Å². The molecule has 1 heterocycles. The third-order valence-corrected chi connectivity index (χ3v) is 3.46. The highest BCUT2D eigenvalue weighted by Gasteiger charge is 2.15. The van der Waals surface area contributed by atoms with Crippen molar-refractivity contribution in [2.75, 3.05) is 7.11 Å². The number of phenols is 1. The lowest BCUT2D eigenvalue weighted by Gasteiger charge is -2.06. The molecule has 0 aliphatic carbocycles. The van der Waals surface area contributed by atoms with Crippen LogP contribution in [-0.2, 0) is 0 Å². The third-order valence-electron chi connectivity index (χ3n) is 3.46. The van der Waals surface area contributed by atoms with Crippen LogP contribution < -0.4 is 10.2 Å². The van der Waals surface area contributed by atoms with E-state index >= 15 is 0 Å². The largest absolute Gasteiger partial charge is 0.507 e. The summed E-state index contributed by atoms with van der Waals surface area (Å²) in [6, 6.07) is 8.32. The Morgan fingerprint density at radius 1 is 1.22 bits per heavy atom. The molecular formula is C16H11NO6. The molecule has 0 bridgehead atoms. The number of ether oxygens (including phenoxy) is 1. The first-order chi connectivity index (χ1) is 11.0. The summed E-state index contributed by atoms with van der Waals surface area (Å²) in [7, 11) is 1.43. The van der Waals surface area contributed by atoms with E-state index in [2.05, 4.69) is 0 Å². The first kappa shape index (κ1) is 14.6. The van der Waals surface area contributed by atoms with Gasteiger partial charge in [0.2, 0.25) is 5.43 Å². The maximum Gasteiger partial charge on any atom is 0.269 e. The Balaban J connectivity index is 2.19. The molecule has 0 aliphatic heterocycles. The molecule has 1 aromatic heterocycles. The van der Waals surface area contributed by atoms with Crippen LogP contribution in [-0.4, -0.2) is 17.1 Å². The molecule has 0 saturated carbocycles. The van der Waals surface area contributed by atoms with Crippen LogP contribution in [0.2, 0.25) is 0 Å². The molecule has 0 unspecified atom stereocenters. The summed E-state index contributed by atoms with van der Waals surface area (Å²) >= 11 is 0. The van der Waals surface area contributed by atoms with Gasteiger partial charge in [-0.1, -0.05) is 0 Å². The van der Waals surface area contributed by atoms with Crippen LogP contribution in [0, 0.1) is 10.1 Å². The lowest BCUT2D eigenvalue weighted by molar-refractivity contribution is -0.384. The van der Waals surface area contributed by atoms with Crippen molar-refractivity contribution >= 4 is 16.7 Å². The third kappa shape index (κ3) is 2.48. The van der Waals surface area contributed by atoms with Gasteiger partial charge in [0.1, 0.15) is 28.7 Å². The Kier molecular flexibility index (Phi) is 3.46. The number of nitro groups is 1. The van der Waals surface area contributed by atoms with Crippen molar-refractivity contribution in [1.82, 2.24) is 0 Å². The number of methoxy groups -OCH3 is 1. The van der Waals surface area contributed by atoms with Gasteiger partial charge in [0.15, 0.2) is 0 Å². The van der Waals surface area contributed by atoms with Gasteiger partial charge < -0.3 is 14.3 Å². The second-order valence-electron chi connectivity index (χ2n) is 4.80. The Hall–Kier alpha value is -3.35. The van der Waals surface area contributed by atoms with E-state index in [-0.39, 0.29) is 28.0 Å². The van der Waals surface area contributed by atoms with Crippen LogP contribution in [0.4, 0.5) is 5.69 Å². The van der Waals surface area contributed by atoms with Crippen molar-refractivity contribution < 1.29 is 19.2 Å². The van der Waals surface area contributed by atoms with Gasteiger partial charge in [-0.25, -0.2) is 0 Å². The Bertz CT molecular complexity index is 959. The topological polar surface area (TPSA) is 103 Å². The molecule has 0 fully saturated rings. The van der Waals surface area contributed by atoms with E-state index < -0.39 is 10.4 Å². The highest BCUT2D eigenvalue weighted by molar-refractivity contribution is 5.88. The number of hydrogen-bond acceptors (Lipinski definition) is 6. The van der Waals surface area contributed by atoms with Crippen LogP contribution in [0.3, 0.4) is 0 Å². The second-order valence-corrected chi connectivity index (χ2v) is 4.80. The van der Waals surface area contributed by atoms with Crippen LogP contribution in [0.1, 0.15) is 0 Å². The molecule has 0 saturated heterocycles. The lowest BCUT2D eigenvalue weighted by atomic mass is 10.0. The summed E-state index contributed by atoms with van der Waals surface area (Å²) in [6.07, 6.45) is 1.25. The number of phenolic OH excluding ortho intramolecular Hbond substituents is 1. The number of nitro benzene ring substituents is 1. The minimum Gasteiger partial charge on any atom is -0.507 e. The predicted molar refractivity (Wildman–Crippen MR) is 82.8 cm³/mol. The summed E-state index contributed by atoms with van der Waals surface area (Å²) < 4.78 is 10.4. The normalized spacial score (nSPS) is 10.7. The van der Waals surface area contributed by atoms with Crippen molar-refractivity contribution in [3.05, 3.63) is 63.0 Å². The zero-order chi connectivity index (χ0) is 16.6. The van der Waals surface area contributed by atoms with E-state index in [1.54, 1.807) is 0 Å². The highest BCUT2D eigenvalue weighted by Crippen LogP contribution is 2.30. The highest BCUT2D eigenvalue weighted by atomic mass is 16.6. The number of aromatic hydroxyl groups is 1. The molecule has 2 aromatic carbocycles. The molecule has 23 heavy (non-hydrogen) atoms. The van der Waals surface area contributed by atoms with Crippen LogP contribution >= 0.6 is 0 Å².